The highest BCUT2D eigenvalue weighted by Gasteiger charge is 2.17. The summed E-state index contributed by atoms with van der Waals surface area (Å²) in [6.45, 7) is 0. The van der Waals surface area contributed by atoms with E-state index in [4.69, 9.17) is 10.4 Å². The van der Waals surface area contributed by atoms with Crippen LogP contribution in [-0.2, 0) is 11.2 Å². The van der Waals surface area contributed by atoms with Crippen LogP contribution in [0.1, 0.15) is 11.1 Å². The highest BCUT2D eigenvalue weighted by molar-refractivity contribution is 7.99. The van der Waals surface area contributed by atoms with Crippen molar-refractivity contribution in [3.05, 3.63) is 63.7 Å². The summed E-state index contributed by atoms with van der Waals surface area (Å²) in [5.74, 6) is -1.12. The maximum atomic E-state index is 10.9. The van der Waals surface area contributed by atoms with Crippen LogP contribution in [0.3, 0.4) is 0 Å². The number of hydrogen-bond acceptors (Lipinski definition) is 5. The molecular formula is C15H10N2O4S. The van der Waals surface area contributed by atoms with E-state index in [1.807, 2.05) is 6.07 Å². The molecule has 0 aliphatic rings. The Kier molecular flexibility index (Phi) is 4.76. The predicted octanol–water partition coefficient (Wildman–Crippen LogP) is 3.24. The quantitative estimate of drug-likeness (QED) is 0.671. The fraction of sp³-hybridized carbons (Fsp3) is 0.0667. The van der Waals surface area contributed by atoms with Gasteiger partial charge in [0.2, 0.25) is 0 Å². The van der Waals surface area contributed by atoms with Gasteiger partial charge in [0.25, 0.3) is 5.69 Å². The number of nitro benzene ring substituents is 1. The minimum Gasteiger partial charge on any atom is -0.481 e. The molecule has 0 radical (unpaired) electrons. The van der Waals surface area contributed by atoms with E-state index >= 15 is 0 Å². The highest BCUT2D eigenvalue weighted by Crippen LogP contribution is 2.31. The zero-order chi connectivity index (χ0) is 16.1. The molecule has 0 bridgehead atoms. The summed E-state index contributed by atoms with van der Waals surface area (Å²) in [7, 11) is 0. The molecule has 0 atom stereocenters. The smallest absolute Gasteiger partial charge is 0.308 e. The van der Waals surface area contributed by atoms with Gasteiger partial charge in [-0.1, -0.05) is 11.8 Å². The van der Waals surface area contributed by atoms with Crippen molar-refractivity contribution in [2.75, 3.05) is 0 Å². The van der Waals surface area contributed by atoms with Crippen molar-refractivity contribution in [2.45, 2.75) is 16.2 Å². The summed E-state index contributed by atoms with van der Waals surface area (Å²) in [5, 5.41) is 28.5. The number of hydrogen-bond donors (Lipinski definition) is 1. The number of nitrogens with zero attached hydrogens (tertiary/aromatic N) is 2. The average Bonchev–Trinajstić information content (AvgIpc) is 2.47. The lowest BCUT2D eigenvalue weighted by molar-refractivity contribution is -0.385. The number of rotatable bonds is 5. The van der Waals surface area contributed by atoms with Crippen LogP contribution in [-0.4, -0.2) is 16.0 Å². The average molecular weight is 314 g/mol. The van der Waals surface area contributed by atoms with Gasteiger partial charge in [0, 0.05) is 21.4 Å². The van der Waals surface area contributed by atoms with Gasteiger partial charge in [-0.05, 0) is 36.4 Å². The van der Waals surface area contributed by atoms with E-state index in [1.165, 1.54) is 23.9 Å². The van der Waals surface area contributed by atoms with Gasteiger partial charge in [0.05, 0.1) is 23.0 Å². The third kappa shape index (κ3) is 3.84. The molecule has 0 spiro atoms. The molecule has 6 nitrogen and oxygen atoms in total. The van der Waals surface area contributed by atoms with Crippen molar-refractivity contribution in [2.24, 2.45) is 0 Å². The molecule has 0 saturated carbocycles. The number of nitriles is 1. The Bertz CT molecular complexity index is 766. The van der Waals surface area contributed by atoms with Gasteiger partial charge in [-0.3, -0.25) is 14.9 Å². The SMILES string of the molecule is N#Cc1ccc(Sc2ccc([N+](=O)[O-])c(CC(=O)O)c2)cc1. The Morgan fingerprint density at radius 2 is 1.86 bits per heavy atom. The van der Waals surface area contributed by atoms with Gasteiger partial charge in [-0.25, -0.2) is 0 Å². The van der Waals surface area contributed by atoms with Crippen LogP contribution in [0, 0.1) is 21.4 Å². The van der Waals surface area contributed by atoms with Gasteiger partial charge in [0.1, 0.15) is 0 Å². The van der Waals surface area contributed by atoms with E-state index in [0.29, 0.717) is 10.5 Å². The van der Waals surface area contributed by atoms with Crippen molar-refractivity contribution >= 4 is 23.4 Å². The lowest BCUT2D eigenvalue weighted by atomic mass is 10.1. The van der Waals surface area contributed by atoms with Gasteiger partial charge in [-0.2, -0.15) is 5.26 Å². The first-order valence-corrected chi connectivity index (χ1v) is 6.98. The number of carboxylic acids is 1. The van der Waals surface area contributed by atoms with Crippen LogP contribution in [0.15, 0.2) is 52.3 Å². The van der Waals surface area contributed by atoms with Crippen LogP contribution in [0.4, 0.5) is 5.69 Å². The molecule has 0 amide bonds. The summed E-state index contributed by atoms with van der Waals surface area (Å²) >= 11 is 1.34. The molecular weight excluding hydrogens is 304 g/mol. The van der Waals surface area contributed by atoms with Crippen LogP contribution in [0.2, 0.25) is 0 Å². The van der Waals surface area contributed by atoms with E-state index in [2.05, 4.69) is 0 Å². The molecule has 7 heteroatoms. The summed E-state index contributed by atoms with van der Waals surface area (Å²) in [6, 6.07) is 13.3. The maximum absolute atomic E-state index is 10.9. The Morgan fingerprint density at radius 1 is 1.23 bits per heavy atom. The molecule has 0 aromatic heterocycles. The molecule has 2 aromatic carbocycles. The highest BCUT2D eigenvalue weighted by atomic mass is 32.2. The molecule has 1 N–H and O–H groups in total. The van der Waals surface area contributed by atoms with E-state index in [-0.39, 0.29) is 11.3 Å². The third-order valence-corrected chi connectivity index (χ3v) is 3.81. The van der Waals surface area contributed by atoms with E-state index in [9.17, 15) is 14.9 Å². The third-order valence-electron chi connectivity index (χ3n) is 2.81. The van der Waals surface area contributed by atoms with Crippen LogP contribution in [0.5, 0.6) is 0 Å². The molecule has 22 heavy (non-hydrogen) atoms. The number of carboxylic acid groups (broad SMARTS) is 1. The van der Waals surface area contributed by atoms with Crippen molar-refractivity contribution in [1.82, 2.24) is 0 Å². The van der Waals surface area contributed by atoms with Crippen LogP contribution >= 0.6 is 11.8 Å². The Balaban J connectivity index is 2.29. The number of benzene rings is 2. The second kappa shape index (κ2) is 6.74. The lowest BCUT2D eigenvalue weighted by Gasteiger charge is -2.05. The minimum absolute atomic E-state index is 0.163. The first-order valence-electron chi connectivity index (χ1n) is 6.16. The molecule has 110 valence electrons. The Labute approximate surface area is 130 Å². The zero-order valence-electron chi connectivity index (χ0n) is 11.2. The maximum Gasteiger partial charge on any atom is 0.308 e. The largest absolute Gasteiger partial charge is 0.481 e. The second-order valence-electron chi connectivity index (χ2n) is 4.36. The molecule has 0 aliphatic carbocycles. The fourth-order valence-corrected chi connectivity index (χ4v) is 2.72. The topological polar surface area (TPSA) is 104 Å². The minimum atomic E-state index is -1.12. The fourth-order valence-electron chi connectivity index (χ4n) is 1.84. The Morgan fingerprint density at radius 3 is 2.41 bits per heavy atom. The van der Waals surface area contributed by atoms with E-state index in [1.54, 1.807) is 30.3 Å². The van der Waals surface area contributed by atoms with Crippen molar-refractivity contribution in [3.63, 3.8) is 0 Å². The summed E-state index contributed by atoms with van der Waals surface area (Å²) in [6.07, 6.45) is -0.405. The van der Waals surface area contributed by atoms with E-state index < -0.39 is 17.3 Å². The summed E-state index contributed by atoms with van der Waals surface area (Å²) in [5.41, 5.74) is 0.502. The van der Waals surface area contributed by atoms with Gasteiger partial charge < -0.3 is 5.11 Å². The number of nitro groups is 1. The van der Waals surface area contributed by atoms with Crippen molar-refractivity contribution in [3.8, 4) is 6.07 Å². The zero-order valence-corrected chi connectivity index (χ0v) is 12.0. The van der Waals surface area contributed by atoms with E-state index in [0.717, 1.165) is 4.90 Å². The summed E-state index contributed by atoms with van der Waals surface area (Å²) < 4.78 is 0. The molecule has 2 aromatic rings. The normalized spacial score (nSPS) is 9.95. The van der Waals surface area contributed by atoms with Gasteiger partial charge in [0.15, 0.2) is 0 Å². The molecule has 0 saturated heterocycles. The predicted molar refractivity (Wildman–Crippen MR) is 79.7 cm³/mol. The van der Waals surface area contributed by atoms with Crippen molar-refractivity contribution < 1.29 is 14.8 Å². The molecule has 0 unspecified atom stereocenters. The standard InChI is InChI=1S/C15H10N2O4S/c16-9-10-1-3-12(4-2-10)22-13-5-6-14(17(20)21)11(7-13)8-15(18)19/h1-7H,8H2,(H,18,19). The van der Waals surface area contributed by atoms with Crippen LogP contribution < -0.4 is 0 Å². The monoisotopic (exact) mass is 314 g/mol. The summed E-state index contributed by atoms with van der Waals surface area (Å²) in [4.78, 5) is 22.7. The number of aliphatic carboxylic acids is 1. The first kappa shape index (κ1) is 15.5. The Hall–Kier alpha value is -2.85. The molecule has 0 aliphatic heterocycles. The van der Waals surface area contributed by atoms with Gasteiger partial charge >= 0.3 is 5.97 Å². The lowest BCUT2D eigenvalue weighted by Crippen LogP contribution is -2.03. The molecule has 0 fully saturated rings. The van der Waals surface area contributed by atoms with Gasteiger partial charge in [-0.15, -0.1) is 0 Å². The van der Waals surface area contributed by atoms with Crippen LogP contribution in [0.25, 0.3) is 0 Å². The van der Waals surface area contributed by atoms with Crippen molar-refractivity contribution in [1.29, 1.82) is 5.26 Å². The molecule has 2 rings (SSSR count). The first-order chi connectivity index (χ1) is 10.5. The second-order valence-corrected chi connectivity index (χ2v) is 5.50. The molecule has 0 heterocycles. The number of carbonyl (C=O) groups is 1.